The van der Waals surface area contributed by atoms with Gasteiger partial charge < -0.3 is 4.90 Å². The third kappa shape index (κ3) is 4.13. The van der Waals surface area contributed by atoms with Gasteiger partial charge in [-0.15, -0.1) is 0 Å². The van der Waals surface area contributed by atoms with Crippen molar-refractivity contribution in [3.63, 3.8) is 0 Å². The number of carbonyl (C=O) groups is 2. The van der Waals surface area contributed by atoms with Crippen LogP contribution in [0.4, 0.5) is 4.39 Å². The van der Waals surface area contributed by atoms with E-state index in [1.165, 1.54) is 30.3 Å². The fraction of sp³-hybridized carbons (Fsp3) is 0.333. The van der Waals surface area contributed by atoms with Crippen LogP contribution in [0.5, 0.6) is 0 Å². The number of allylic oxidation sites excluding steroid dienone is 1. The van der Waals surface area contributed by atoms with Crippen molar-refractivity contribution in [3.8, 4) is 0 Å². The molecule has 21 heavy (non-hydrogen) atoms. The van der Waals surface area contributed by atoms with Gasteiger partial charge in [-0.05, 0) is 37.3 Å². The Kier molecular flexibility index (Phi) is 5.05. The summed E-state index contributed by atoms with van der Waals surface area (Å²) in [6.07, 6.45) is 3.25. The van der Waals surface area contributed by atoms with Gasteiger partial charge in [-0.25, -0.2) is 9.40 Å². The molecule has 0 unspecified atom stereocenters. The van der Waals surface area contributed by atoms with Crippen molar-refractivity contribution >= 4 is 11.8 Å². The predicted octanol–water partition coefficient (Wildman–Crippen LogP) is 1.19. The molecular formula is C15H18FN3O2. The summed E-state index contributed by atoms with van der Waals surface area (Å²) in [6.45, 7) is 4.06. The average molecular weight is 291 g/mol. The van der Waals surface area contributed by atoms with Crippen molar-refractivity contribution in [2.24, 2.45) is 0 Å². The van der Waals surface area contributed by atoms with E-state index in [2.05, 4.69) is 5.43 Å². The van der Waals surface area contributed by atoms with E-state index < -0.39 is 0 Å². The molecule has 0 aromatic heterocycles. The molecule has 1 N–H and O–H groups in total. The van der Waals surface area contributed by atoms with Crippen LogP contribution in [0.25, 0.3) is 0 Å². The fourth-order valence-electron chi connectivity index (χ4n) is 2.10. The predicted molar refractivity (Wildman–Crippen MR) is 76.8 cm³/mol. The summed E-state index contributed by atoms with van der Waals surface area (Å²) in [6, 6.07) is 5.39. The molecule has 2 rings (SSSR count). The lowest BCUT2D eigenvalue weighted by atomic mass is 10.2. The Morgan fingerprint density at radius 3 is 2.33 bits per heavy atom. The molecule has 6 heteroatoms. The topological polar surface area (TPSA) is 52.7 Å². The zero-order valence-electron chi connectivity index (χ0n) is 11.9. The molecule has 1 aromatic carbocycles. The van der Waals surface area contributed by atoms with Gasteiger partial charge in [0.2, 0.25) is 5.91 Å². The van der Waals surface area contributed by atoms with Gasteiger partial charge in [0.1, 0.15) is 5.82 Å². The third-order valence-electron chi connectivity index (χ3n) is 3.27. The minimum Gasteiger partial charge on any atom is -0.336 e. The molecule has 2 amide bonds. The van der Waals surface area contributed by atoms with E-state index >= 15 is 0 Å². The minimum absolute atomic E-state index is 0.0120. The average Bonchev–Trinajstić information content (AvgIpc) is 2.49. The lowest BCUT2D eigenvalue weighted by Gasteiger charge is -2.34. The molecule has 1 heterocycles. The maximum absolute atomic E-state index is 12.8. The van der Waals surface area contributed by atoms with Gasteiger partial charge in [-0.3, -0.25) is 15.0 Å². The number of amides is 2. The number of piperazine rings is 1. The van der Waals surface area contributed by atoms with E-state index in [1.807, 2.05) is 0 Å². The number of nitrogens with one attached hydrogen (secondary N) is 1. The van der Waals surface area contributed by atoms with E-state index in [4.69, 9.17) is 0 Å². The first kappa shape index (κ1) is 15.2. The number of hydrogen-bond acceptors (Lipinski definition) is 3. The second-order valence-electron chi connectivity index (χ2n) is 4.76. The highest BCUT2D eigenvalue weighted by Gasteiger charge is 2.20. The van der Waals surface area contributed by atoms with Gasteiger partial charge in [0.15, 0.2) is 0 Å². The Bertz CT molecular complexity index is 534. The first-order chi connectivity index (χ1) is 10.1. The minimum atomic E-state index is -0.373. The Balaban J connectivity index is 1.84. The maximum Gasteiger partial charge on any atom is 0.265 e. The summed E-state index contributed by atoms with van der Waals surface area (Å²) in [5, 5.41) is 1.77. The van der Waals surface area contributed by atoms with Gasteiger partial charge in [0.05, 0.1) is 0 Å². The summed E-state index contributed by atoms with van der Waals surface area (Å²) in [5.74, 6) is -0.659. The Hall–Kier alpha value is -2.21. The summed E-state index contributed by atoms with van der Waals surface area (Å²) in [7, 11) is 0. The first-order valence-corrected chi connectivity index (χ1v) is 6.83. The number of nitrogens with zero attached hydrogens (tertiary/aromatic N) is 2. The zero-order valence-corrected chi connectivity index (χ0v) is 11.9. The molecule has 0 aliphatic carbocycles. The van der Waals surface area contributed by atoms with Crippen LogP contribution in [0, 0.1) is 5.82 Å². The quantitative estimate of drug-likeness (QED) is 0.851. The van der Waals surface area contributed by atoms with Gasteiger partial charge in [0.25, 0.3) is 5.91 Å². The van der Waals surface area contributed by atoms with E-state index in [0.717, 1.165) is 0 Å². The molecule has 112 valence electrons. The monoisotopic (exact) mass is 291 g/mol. The van der Waals surface area contributed by atoms with Crippen molar-refractivity contribution in [1.29, 1.82) is 0 Å². The molecule has 1 aliphatic heterocycles. The summed E-state index contributed by atoms with van der Waals surface area (Å²) < 4.78 is 12.8. The van der Waals surface area contributed by atoms with E-state index in [-0.39, 0.29) is 17.6 Å². The molecule has 5 nitrogen and oxygen atoms in total. The molecule has 0 spiro atoms. The number of carbonyl (C=O) groups excluding carboxylic acids is 2. The molecule has 1 fully saturated rings. The highest BCUT2D eigenvalue weighted by atomic mass is 19.1. The van der Waals surface area contributed by atoms with Crippen LogP contribution in [-0.2, 0) is 4.79 Å². The Morgan fingerprint density at radius 1 is 1.14 bits per heavy atom. The van der Waals surface area contributed by atoms with Crippen molar-refractivity contribution < 1.29 is 14.0 Å². The Labute approximate surface area is 123 Å². The molecule has 1 saturated heterocycles. The smallest absolute Gasteiger partial charge is 0.265 e. The number of hydrazine groups is 1. The first-order valence-electron chi connectivity index (χ1n) is 6.83. The summed E-state index contributed by atoms with van der Waals surface area (Å²) in [5.41, 5.74) is 3.17. The molecule has 0 saturated carbocycles. The SMILES string of the molecule is CC=CC(=O)N1CCN(NC(=O)c2ccc(F)cc2)CC1. The normalized spacial score (nSPS) is 16.2. The van der Waals surface area contributed by atoms with Crippen LogP contribution in [0.3, 0.4) is 0 Å². The van der Waals surface area contributed by atoms with Crippen molar-refractivity contribution in [2.45, 2.75) is 6.92 Å². The third-order valence-corrected chi connectivity index (χ3v) is 3.27. The molecule has 1 aliphatic rings. The van der Waals surface area contributed by atoms with Crippen LogP contribution >= 0.6 is 0 Å². The second kappa shape index (κ2) is 6.99. The van der Waals surface area contributed by atoms with Crippen LogP contribution < -0.4 is 5.43 Å². The number of hydrogen-bond donors (Lipinski definition) is 1. The van der Waals surface area contributed by atoms with Crippen LogP contribution in [0.15, 0.2) is 36.4 Å². The van der Waals surface area contributed by atoms with Crippen molar-refractivity contribution in [3.05, 3.63) is 47.8 Å². The van der Waals surface area contributed by atoms with Gasteiger partial charge in [-0.2, -0.15) is 0 Å². The molecule has 0 radical (unpaired) electrons. The lowest BCUT2D eigenvalue weighted by molar-refractivity contribution is -0.128. The lowest BCUT2D eigenvalue weighted by Crippen LogP contribution is -2.54. The van der Waals surface area contributed by atoms with Crippen LogP contribution in [0.1, 0.15) is 17.3 Å². The van der Waals surface area contributed by atoms with Crippen LogP contribution in [0.2, 0.25) is 0 Å². The number of rotatable bonds is 3. The van der Waals surface area contributed by atoms with Gasteiger partial charge in [-0.1, -0.05) is 6.08 Å². The fourth-order valence-corrected chi connectivity index (χ4v) is 2.10. The second-order valence-corrected chi connectivity index (χ2v) is 4.76. The van der Waals surface area contributed by atoms with E-state index in [0.29, 0.717) is 31.7 Å². The van der Waals surface area contributed by atoms with Gasteiger partial charge in [0, 0.05) is 31.7 Å². The van der Waals surface area contributed by atoms with E-state index in [9.17, 15) is 14.0 Å². The van der Waals surface area contributed by atoms with Gasteiger partial charge >= 0.3 is 0 Å². The van der Waals surface area contributed by atoms with Crippen molar-refractivity contribution in [2.75, 3.05) is 26.2 Å². The molecular weight excluding hydrogens is 273 g/mol. The standard InChI is InChI=1S/C15H18FN3O2/c1-2-3-14(20)18-8-10-19(11-9-18)17-15(21)12-4-6-13(16)7-5-12/h2-7H,8-11H2,1H3,(H,17,21). The Morgan fingerprint density at radius 2 is 1.76 bits per heavy atom. The zero-order chi connectivity index (χ0) is 15.2. The maximum atomic E-state index is 12.8. The highest BCUT2D eigenvalue weighted by Crippen LogP contribution is 2.05. The number of halogens is 1. The number of benzene rings is 1. The van der Waals surface area contributed by atoms with Crippen molar-refractivity contribution in [1.82, 2.24) is 15.3 Å². The molecule has 0 atom stereocenters. The van der Waals surface area contributed by atoms with E-state index in [1.54, 1.807) is 22.9 Å². The summed E-state index contributed by atoms with van der Waals surface area (Å²) >= 11 is 0. The summed E-state index contributed by atoms with van der Waals surface area (Å²) in [4.78, 5) is 25.4. The molecule has 1 aromatic rings. The van der Waals surface area contributed by atoms with Crippen LogP contribution in [-0.4, -0.2) is 47.9 Å². The molecule has 0 bridgehead atoms. The largest absolute Gasteiger partial charge is 0.336 e. The highest BCUT2D eigenvalue weighted by molar-refractivity contribution is 5.93.